The normalized spacial score (nSPS) is 10.8. The van der Waals surface area contributed by atoms with Gasteiger partial charge in [-0.25, -0.2) is 0 Å². The van der Waals surface area contributed by atoms with Gasteiger partial charge in [0.15, 0.2) is 0 Å². The molecule has 0 unspecified atom stereocenters. The minimum absolute atomic E-state index is 0.0473. The largest absolute Gasteiger partial charge is 0.384 e. The number of ether oxygens (including phenoxy) is 1. The monoisotopic (exact) mass is 295 g/mol. The number of hydrogen-bond donors (Lipinski definition) is 1. The fraction of sp³-hybridized carbons (Fsp3) is 0.533. The maximum atomic E-state index is 12.1. The van der Waals surface area contributed by atoms with Crippen molar-refractivity contribution in [1.29, 1.82) is 0 Å². The molecule has 0 saturated carbocycles. The number of carbonyl (C=O) groups is 1. The highest BCUT2D eigenvalue weighted by Crippen LogP contribution is 2.18. The maximum absolute atomic E-state index is 12.1. The van der Waals surface area contributed by atoms with Crippen molar-refractivity contribution in [2.24, 2.45) is 0 Å². The van der Waals surface area contributed by atoms with E-state index < -0.39 is 5.60 Å². The van der Waals surface area contributed by atoms with E-state index in [0.29, 0.717) is 13.0 Å². The van der Waals surface area contributed by atoms with Crippen LogP contribution >= 0.6 is 11.3 Å². The first-order valence-corrected chi connectivity index (χ1v) is 7.22. The van der Waals surface area contributed by atoms with Crippen LogP contribution in [0.1, 0.15) is 30.7 Å². The summed E-state index contributed by atoms with van der Waals surface area (Å²) in [7, 11) is 3.39. The number of hydrogen-bond acceptors (Lipinski definition) is 4. The second-order valence-corrected chi connectivity index (χ2v) is 6.08. The molecular weight excluding hydrogens is 274 g/mol. The molecule has 0 aliphatic carbocycles. The van der Waals surface area contributed by atoms with Crippen LogP contribution in [0.5, 0.6) is 0 Å². The molecule has 0 aliphatic rings. The molecule has 0 radical (unpaired) electrons. The molecule has 0 atom stereocenters. The number of thiophene rings is 1. The van der Waals surface area contributed by atoms with Gasteiger partial charge in [0.05, 0.1) is 16.9 Å². The summed E-state index contributed by atoms with van der Waals surface area (Å²) in [5, 5.41) is 10.6. The Kier molecular flexibility index (Phi) is 6.21. The summed E-state index contributed by atoms with van der Waals surface area (Å²) in [5.41, 5.74) is 0.598. The van der Waals surface area contributed by atoms with Gasteiger partial charge in [0.2, 0.25) is 5.91 Å². The molecule has 0 spiro atoms. The third kappa shape index (κ3) is 5.33. The Morgan fingerprint density at radius 1 is 1.55 bits per heavy atom. The average Bonchev–Trinajstić information content (AvgIpc) is 2.83. The van der Waals surface area contributed by atoms with Gasteiger partial charge >= 0.3 is 0 Å². The zero-order chi connectivity index (χ0) is 15.2. The fourth-order valence-corrected chi connectivity index (χ4v) is 2.36. The highest BCUT2D eigenvalue weighted by molar-refractivity contribution is 7.10. The van der Waals surface area contributed by atoms with Crippen molar-refractivity contribution in [2.75, 3.05) is 20.8 Å². The van der Waals surface area contributed by atoms with Gasteiger partial charge in [0.1, 0.15) is 6.61 Å². The van der Waals surface area contributed by atoms with E-state index in [1.807, 2.05) is 25.3 Å². The maximum Gasteiger partial charge on any atom is 0.225 e. The van der Waals surface area contributed by atoms with Gasteiger partial charge in [-0.2, -0.15) is 0 Å². The van der Waals surface area contributed by atoms with Gasteiger partial charge in [-0.05, 0) is 30.9 Å². The number of amides is 1. The van der Waals surface area contributed by atoms with Gasteiger partial charge < -0.3 is 14.7 Å². The van der Waals surface area contributed by atoms with Crippen LogP contribution in [-0.4, -0.2) is 42.3 Å². The summed E-state index contributed by atoms with van der Waals surface area (Å²) in [6, 6.07) is 1.94. The Labute approximate surface area is 124 Å². The number of nitrogens with zero attached hydrogens (tertiary/aromatic N) is 1. The Balaban J connectivity index is 2.59. The number of aliphatic hydroxyl groups is 1. The van der Waals surface area contributed by atoms with Gasteiger partial charge in [-0.1, -0.05) is 11.8 Å². The lowest BCUT2D eigenvalue weighted by Gasteiger charge is -2.25. The van der Waals surface area contributed by atoms with Crippen molar-refractivity contribution < 1.29 is 14.6 Å². The molecule has 0 aromatic carbocycles. The van der Waals surface area contributed by atoms with Crippen molar-refractivity contribution in [3.8, 4) is 11.8 Å². The smallest absolute Gasteiger partial charge is 0.225 e. The number of aliphatic hydroxyl groups excluding tert-OH is 1. The van der Waals surface area contributed by atoms with E-state index in [1.165, 1.54) is 11.3 Å². The van der Waals surface area contributed by atoms with E-state index in [0.717, 1.165) is 10.4 Å². The minimum atomic E-state index is -0.447. The molecule has 1 amide bonds. The number of carbonyl (C=O) groups excluding carboxylic acids is 1. The molecule has 1 heterocycles. The van der Waals surface area contributed by atoms with Crippen molar-refractivity contribution in [1.82, 2.24) is 4.90 Å². The van der Waals surface area contributed by atoms with Crippen LogP contribution in [-0.2, 0) is 16.1 Å². The molecular formula is C15H21NO3S. The second kappa shape index (κ2) is 7.44. The topological polar surface area (TPSA) is 49.8 Å². The molecule has 0 aliphatic heterocycles. The second-order valence-electron chi connectivity index (χ2n) is 5.17. The van der Waals surface area contributed by atoms with E-state index in [9.17, 15) is 4.79 Å². The zero-order valence-corrected chi connectivity index (χ0v) is 13.2. The van der Waals surface area contributed by atoms with Crippen LogP contribution < -0.4 is 0 Å². The first kappa shape index (κ1) is 16.7. The van der Waals surface area contributed by atoms with Gasteiger partial charge in [0.25, 0.3) is 0 Å². The van der Waals surface area contributed by atoms with Gasteiger partial charge in [0, 0.05) is 20.7 Å². The van der Waals surface area contributed by atoms with Crippen LogP contribution in [0.3, 0.4) is 0 Å². The van der Waals surface area contributed by atoms with E-state index >= 15 is 0 Å². The van der Waals surface area contributed by atoms with E-state index in [1.54, 1.807) is 19.1 Å². The number of rotatable bonds is 5. The first-order chi connectivity index (χ1) is 9.38. The Hall–Kier alpha value is -1.35. The van der Waals surface area contributed by atoms with E-state index in [2.05, 4.69) is 11.8 Å². The van der Waals surface area contributed by atoms with Crippen molar-refractivity contribution in [3.05, 3.63) is 21.9 Å². The first-order valence-electron chi connectivity index (χ1n) is 6.34. The molecule has 0 fully saturated rings. The average molecular weight is 295 g/mol. The summed E-state index contributed by atoms with van der Waals surface area (Å²) < 4.78 is 5.27. The van der Waals surface area contributed by atoms with Gasteiger partial charge in [-0.3, -0.25) is 4.79 Å². The molecule has 110 valence electrons. The van der Waals surface area contributed by atoms with Gasteiger partial charge in [-0.15, -0.1) is 11.3 Å². The Morgan fingerprint density at radius 2 is 2.25 bits per heavy atom. The van der Waals surface area contributed by atoms with Crippen LogP contribution in [0.25, 0.3) is 0 Å². The molecule has 1 aromatic heterocycles. The fourth-order valence-electron chi connectivity index (χ4n) is 1.58. The van der Waals surface area contributed by atoms with Crippen LogP contribution in [0.2, 0.25) is 0 Å². The molecule has 1 aromatic rings. The molecule has 1 rings (SSSR count). The zero-order valence-electron chi connectivity index (χ0n) is 12.4. The number of methoxy groups -OCH3 is 1. The van der Waals surface area contributed by atoms with Crippen molar-refractivity contribution >= 4 is 17.2 Å². The molecule has 0 bridgehead atoms. The lowest BCUT2D eigenvalue weighted by atomic mass is 10.0. The summed E-state index contributed by atoms with van der Waals surface area (Å²) >= 11 is 1.51. The minimum Gasteiger partial charge on any atom is -0.384 e. The van der Waals surface area contributed by atoms with E-state index in [4.69, 9.17) is 9.84 Å². The highest BCUT2D eigenvalue weighted by atomic mass is 32.1. The standard InChI is InChI=1S/C15H21NO3S/c1-15(2,19-4)9-14(18)16(3)10-12-8-13(20-11-12)6-5-7-17/h8,11,17H,7,9-10H2,1-4H3. The van der Waals surface area contributed by atoms with Crippen LogP contribution in [0.15, 0.2) is 11.4 Å². The molecule has 0 saturated heterocycles. The Morgan fingerprint density at radius 3 is 2.85 bits per heavy atom. The Bertz CT molecular complexity index is 511. The lowest BCUT2D eigenvalue weighted by molar-refractivity contribution is -0.135. The summed E-state index contributed by atoms with van der Waals surface area (Å²) in [4.78, 5) is 14.7. The molecule has 5 heteroatoms. The third-order valence-corrected chi connectivity index (χ3v) is 3.81. The quantitative estimate of drug-likeness (QED) is 0.844. The van der Waals surface area contributed by atoms with E-state index in [-0.39, 0.29) is 12.5 Å². The predicted octanol–water partition coefficient (Wildman–Crippen LogP) is 1.87. The lowest BCUT2D eigenvalue weighted by Crippen LogP contribution is -2.34. The summed E-state index contributed by atoms with van der Waals surface area (Å²) in [6.07, 6.45) is 0.349. The van der Waals surface area contributed by atoms with Crippen molar-refractivity contribution in [2.45, 2.75) is 32.4 Å². The highest BCUT2D eigenvalue weighted by Gasteiger charge is 2.23. The van der Waals surface area contributed by atoms with Crippen molar-refractivity contribution in [3.63, 3.8) is 0 Å². The molecule has 1 N–H and O–H groups in total. The SMILES string of the molecule is COC(C)(C)CC(=O)N(C)Cc1csc(C#CCO)c1. The van der Waals surface area contributed by atoms with Crippen LogP contribution in [0, 0.1) is 11.8 Å². The third-order valence-electron chi connectivity index (χ3n) is 2.92. The van der Waals surface area contributed by atoms with Crippen LogP contribution in [0.4, 0.5) is 0 Å². The molecule has 4 nitrogen and oxygen atoms in total. The summed E-state index contributed by atoms with van der Waals surface area (Å²) in [6.45, 7) is 4.20. The molecule has 20 heavy (non-hydrogen) atoms. The summed E-state index contributed by atoms with van der Waals surface area (Å²) in [5.74, 6) is 5.52. The predicted molar refractivity (Wildman–Crippen MR) is 80.5 cm³/mol.